The first kappa shape index (κ1) is 18.8. The predicted molar refractivity (Wildman–Crippen MR) is 106 cm³/mol. The van der Waals surface area contributed by atoms with Gasteiger partial charge < -0.3 is 15.9 Å². The molecule has 8 heteroatoms. The van der Waals surface area contributed by atoms with Crippen LogP contribution in [0.3, 0.4) is 0 Å². The second-order valence-electron chi connectivity index (χ2n) is 5.84. The number of nitrogens with zero attached hydrogens (tertiary/aromatic N) is 3. The third-order valence-corrected chi connectivity index (χ3v) is 5.03. The van der Waals surface area contributed by atoms with Crippen LogP contribution in [0.4, 0.5) is 0 Å². The van der Waals surface area contributed by atoms with Crippen molar-refractivity contribution in [2.75, 3.05) is 13.0 Å². The Kier molecular flexibility index (Phi) is 5.97. The van der Waals surface area contributed by atoms with E-state index in [0.717, 1.165) is 11.1 Å². The molecule has 1 aromatic heterocycles. The molecule has 0 saturated carbocycles. The van der Waals surface area contributed by atoms with Crippen LogP contribution in [-0.4, -0.2) is 33.1 Å². The zero-order valence-electron chi connectivity index (χ0n) is 15.1. The molecule has 0 saturated heterocycles. The van der Waals surface area contributed by atoms with Crippen LogP contribution in [0, 0.1) is 0 Å². The molecule has 3 rings (SSSR count). The highest BCUT2D eigenvalue weighted by Gasteiger charge is 2.21. The lowest BCUT2D eigenvalue weighted by atomic mass is 10.2. The topological polar surface area (TPSA) is 95.1 Å². The molecule has 27 heavy (non-hydrogen) atoms. The molecule has 1 amide bonds. The van der Waals surface area contributed by atoms with Crippen molar-refractivity contribution in [3.05, 3.63) is 60.2 Å². The Morgan fingerprint density at radius 2 is 1.89 bits per heavy atom. The minimum atomic E-state index is -0.370. The highest BCUT2D eigenvalue weighted by Crippen LogP contribution is 2.30. The van der Waals surface area contributed by atoms with Crippen molar-refractivity contribution in [3.8, 4) is 17.1 Å². The number of benzene rings is 2. The first-order valence-corrected chi connectivity index (χ1v) is 9.30. The van der Waals surface area contributed by atoms with Gasteiger partial charge in [0.2, 0.25) is 11.1 Å². The van der Waals surface area contributed by atoms with Crippen LogP contribution in [0.5, 0.6) is 5.75 Å². The first-order chi connectivity index (χ1) is 13.1. The van der Waals surface area contributed by atoms with Crippen LogP contribution >= 0.6 is 11.8 Å². The van der Waals surface area contributed by atoms with E-state index < -0.39 is 0 Å². The molecule has 0 aliphatic rings. The van der Waals surface area contributed by atoms with Crippen molar-refractivity contribution in [2.45, 2.75) is 23.9 Å². The lowest BCUT2D eigenvalue weighted by Gasteiger charge is -2.12. The van der Waals surface area contributed by atoms with Crippen LogP contribution in [-0.2, 0) is 11.3 Å². The lowest BCUT2D eigenvalue weighted by Crippen LogP contribution is -2.30. The van der Waals surface area contributed by atoms with Gasteiger partial charge in [0, 0.05) is 6.54 Å². The molecular weight excluding hydrogens is 362 g/mol. The van der Waals surface area contributed by atoms with Crippen molar-refractivity contribution in [1.29, 1.82) is 0 Å². The number of amides is 1. The van der Waals surface area contributed by atoms with Gasteiger partial charge in [0.05, 0.1) is 17.9 Å². The van der Waals surface area contributed by atoms with E-state index in [1.807, 2.05) is 61.5 Å². The summed E-state index contributed by atoms with van der Waals surface area (Å²) in [6, 6.07) is 17.2. The molecule has 1 heterocycles. The van der Waals surface area contributed by atoms with Crippen molar-refractivity contribution < 1.29 is 9.53 Å². The summed E-state index contributed by atoms with van der Waals surface area (Å²) in [4.78, 5) is 12.4. The van der Waals surface area contributed by atoms with E-state index >= 15 is 0 Å². The number of thioether (sulfide) groups is 1. The normalized spacial score (nSPS) is 11.8. The predicted octanol–water partition coefficient (Wildman–Crippen LogP) is 2.46. The molecule has 0 aliphatic carbocycles. The minimum Gasteiger partial charge on any atom is -0.496 e. The average Bonchev–Trinajstić information content (AvgIpc) is 3.06. The quantitative estimate of drug-likeness (QED) is 0.481. The number of nitrogen functional groups attached to an aromatic ring is 1. The number of carbonyl (C=O) groups is 1. The second kappa shape index (κ2) is 8.59. The number of nitrogens with one attached hydrogen (secondary N) is 1. The molecule has 7 nitrogen and oxygen atoms in total. The molecular formula is C19H21N5O2S. The van der Waals surface area contributed by atoms with Crippen molar-refractivity contribution >= 4 is 17.7 Å². The Labute approximate surface area is 161 Å². The standard InChI is InChI=1S/C19H21N5O2S/c1-13(18(25)21-12-14-8-4-3-5-9-14)27-19-23-22-17(24(19)20)15-10-6-7-11-16(15)26-2/h3-11,13H,12,20H2,1-2H3,(H,21,25). The average molecular weight is 383 g/mol. The number of para-hydroxylation sites is 1. The summed E-state index contributed by atoms with van der Waals surface area (Å²) in [5.74, 6) is 7.20. The summed E-state index contributed by atoms with van der Waals surface area (Å²) in [5, 5.41) is 11.3. The zero-order chi connectivity index (χ0) is 19.2. The Balaban J connectivity index is 1.67. The zero-order valence-corrected chi connectivity index (χ0v) is 15.9. The van der Waals surface area contributed by atoms with Gasteiger partial charge in [0.15, 0.2) is 5.82 Å². The maximum Gasteiger partial charge on any atom is 0.233 e. The van der Waals surface area contributed by atoms with E-state index in [1.54, 1.807) is 7.11 Å². The Morgan fingerprint density at radius 1 is 1.19 bits per heavy atom. The van der Waals surface area contributed by atoms with E-state index in [-0.39, 0.29) is 11.2 Å². The molecule has 140 valence electrons. The third-order valence-electron chi connectivity index (χ3n) is 3.97. The van der Waals surface area contributed by atoms with Crippen LogP contribution in [0.2, 0.25) is 0 Å². The fourth-order valence-corrected chi connectivity index (χ4v) is 3.31. The van der Waals surface area contributed by atoms with Crippen molar-refractivity contribution in [1.82, 2.24) is 20.2 Å². The van der Waals surface area contributed by atoms with Crippen LogP contribution < -0.4 is 15.9 Å². The molecule has 0 spiro atoms. The van der Waals surface area contributed by atoms with Gasteiger partial charge >= 0.3 is 0 Å². The molecule has 1 unspecified atom stereocenters. The Hall–Kier alpha value is -3.00. The van der Waals surface area contributed by atoms with Crippen LogP contribution in [0.1, 0.15) is 12.5 Å². The maximum atomic E-state index is 12.4. The largest absolute Gasteiger partial charge is 0.496 e. The summed E-state index contributed by atoms with van der Waals surface area (Å²) in [6.45, 7) is 2.29. The van der Waals surface area contributed by atoms with Gasteiger partial charge in [0.1, 0.15) is 5.75 Å². The van der Waals surface area contributed by atoms with Gasteiger partial charge in [-0.2, -0.15) is 0 Å². The molecule has 0 aliphatic heterocycles. The smallest absolute Gasteiger partial charge is 0.233 e. The van der Waals surface area contributed by atoms with E-state index in [9.17, 15) is 4.79 Å². The molecule has 3 N–H and O–H groups in total. The summed E-state index contributed by atoms with van der Waals surface area (Å²) in [6.07, 6.45) is 0. The van der Waals surface area contributed by atoms with E-state index in [4.69, 9.17) is 10.6 Å². The van der Waals surface area contributed by atoms with Gasteiger partial charge in [-0.05, 0) is 24.6 Å². The molecule has 3 aromatic rings. The molecule has 0 radical (unpaired) electrons. The Bertz CT molecular complexity index is 913. The summed E-state index contributed by atoms with van der Waals surface area (Å²) < 4.78 is 6.73. The van der Waals surface area contributed by atoms with Gasteiger partial charge in [0.25, 0.3) is 0 Å². The Morgan fingerprint density at radius 3 is 2.63 bits per heavy atom. The number of rotatable bonds is 7. The number of nitrogens with two attached hydrogens (primary N) is 1. The van der Waals surface area contributed by atoms with Crippen molar-refractivity contribution in [3.63, 3.8) is 0 Å². The van der Waals surface area contributed by atoms with Crippen molar-refractivity contribution in [2.24, 2.45) is 0 Å². The number of methoxy groups -OCH3 is 1. The molecule has 0 bridgehead atoms. The maximum absolute atomic E-state index is 12.4. The highest BCUT2D eigenvalue weighted by atomic mass is 32.2. The number of hydrogen-bond acceptors (Lipinski definition) is 6. The van der Waals surface area contributed by atoms with Gasteiger partial charge in [-0.25, -0.2) is 4.68 Å². The summed E-state index contributed by atoms with van der Waals surface area (Å²) >= 11 is 1.25. The summed E-state index contributed by atoms with van der Waals surface area (Å²) in [5.41, 5.74) is 1.78. The van der Waals surface area contributed by atoms with Gasteiger partial charge in [-0.1, -0.05) is 54.2 Å². The second-order valence-corrected chi connectivity index (χ2v) is 7.15. The number of carbonyl (C=O) groups excluding carboxylic acids is 1. The van der Waals surface area contributed by atoms with Crippen LogP contribution in [0.25, 0.3) is 11.4 Å². The number of aromatic nitrogens is 3. The SMILES string of the molecule is COc1ccccc1-c1nnc(SC(C)C(=O)NCc2ccccc2)n1N. The fraction of sp³-hybridized carbons (Fsp3) is 0.211. The number of hydrogen-bond donors (Lipinski definition) is 2. The van der Waals surface area contributed by atoms with E-state index in [1.165, 1.54) is 16.4 Å². The summed E-state index contributed by atoms with van der Waals surface area (Å²) in [7, 11) is 1.59. The molecule has 0 fully saturated rings. The lowest BCUT2D eigenvalue weighted by molar-refractivity contribution is -0.120. The molecule has 1 atom stereocenters. The van der Waals surface area contributed by atoms with E-state index in [2.05, 4.69) is 15.5 Å². The first-order valence-electron chi connectivity index (χ1n) is 8.42. The highest BCUT2D eigenvalue weighted by molar-refractivity contribution is 8.00. The van der Waals surface area contributed by atoms with Gasteiger partial charge in [-0.3, -0.25) is 4.79 Å². The monoisotopic (exact) mass is 383 g/mol. The minimum absolute atomic E-state index is 0.0919. The molecule has 2 aromatic carbocycles. The van der Waals surface area contributed by atoms with E-state index in [0.29, 0.717) is 23.3 Å². The van der Waals surface area contributed by atoms with Gasteiger partial charge in [-0.15, -0.1) is 10.2 Å². The third kappa shape index (κ3) is 4.40. The fourth-order valence-electron chi connectivity index (χ4n) is 2.51. The van der Waals surface area contributed by atoms with Crippen LogP contribution in [0.15, 0.2) is 59.8 Å². The number of ether oxygens (including phenoxy) is 1.